The van der Waals surface area contributed by atoms with E-state index < -0.39 is 0 Å². The van der Waals surface area contributed by atoms with E-state index in [2.05, 4.69) is 10.6 Å². The van der Waals surface area contributed by atoms with Gasteiger partial charge in [0.1, 0.15) is 6.54 Å². The highest BCUT2D eigenvalue weighted by molar-refractivity contribution is 5.99. The fraction of sp³-hybridized carbons (Fsp3) is 0.500. The van der Waals surface area contributed by atoms with Gasteiger partial charge >= 0.3 is 0 Å². The van der Waals surface area contributed by atoms with Gasteiger partial charge in [-0.05, 0) is 24.5 Å². The van der Waals surface area contributed by atoms with Gasteiger partial charge < -0.3 is 15.5 Å². The van der Waals surface area contributed by atoms with E-state index in [1.165, 1.54) is 0 Å². The molecule has 5 nitrogen and oxygen atoms in total. The number of anilines is 1. The van der Waals surface area contributed by atoms with Gasteiger partial charge in [0.25, 0.3) is 0 Å². The predicted octanol–water partition coefficient (Wildman–Crippen LogP) is 1.11. The summed E-state index contributed by atoms with van der Waals surface area (Å²) in [5.41, 5.74) is 2.04. The lowest BCUT2D eigenvalue weighted by Crippen LogP contribution is -2.50. The first-order valence-electron chi connectivity index (χ1n) is 7.60. The monoisotopic (exact) mass is 323 g/mol. The molecule has 0 aromatic heterocycles. The van der Waals surface area contributed by atoms with Crippen LogP contribution in [0.25, 0.3) is 0 Å². The Balaban J connectivity index is 0.00000176. The van der Waals surface area contributed by atoms with Crippen LogP contribution in [0, 0.1) is 5.92 Å². The van der Waals surface area contributed by atoms with Gasteiger partial charge in [0.15, 0.2) is 0 Å². The number of carbonyl (C=O) groups is 2. The Bertz CT molecular complexity index is 546. The Labute approximate surface area is 136 Å². The number of hydrogen-bond donors (Lipinski definition) is 2. The van der Waals surface area contributed by atoms with Crippen molar-refractivity contribution in [3.05, 3.63) is 29.8 Å². The Kier molecular flexibility index (Phi) is 5.80. The quantitative estimate of drug-likeness (QED) is 0.872. The summed E-state index contributed by atoms with van der Waals surface area (Å²) in [4.78, 5) is 26.0. The number of halogens is 1. The summed E-state index contributed by atoms with van der Waals surface area (Å²) in [5.74, 6) is 0.494. The molecule has 1 fully saturated rings. The lowest BCUT2D eigenvalue weighted by Gasteiger charge is -2.28. The molecule has 2 amide bonds. The molecule has 1 aromatic carbocycles. The molecule has 0 bridgehead atoms. The number of rotatable bonds is 4. The average molecular weight is 324 g/mol. The Hall–Kier alpha value is -1.59. The van der Waals surface area contributed by atoms with Crippen molar-refractivity contribution < 1.29 is 9.59 Å². The molecule has 0 spiro atoms. The molecule has 22 heavy (non-hydrogen) atoms. The van der Waals surface area contributed by atoms with Crippen molar-refractivity contribution in [3.8, 4) is 0 Å². The second kappa shape index (κ2) is 7.61. The largest absolute Gasteiger partial charge is 0.354 e. The van der Waals surface area contributed by atoms with Crippen LogP contribution in [0.4, 0.5) is 5.69 Å². The number of carbonyl (C=O) groups excluding carboxylic acids is 2. The fourth-order valence-corrected chi connectivity index (χ4v) is 2.81. The number of nitrogens with one attached hydrogen (secondary N) is 2. The first-order chi connectivity index (χ1) is 10.2. The van der Waals surface area contributed by atoms with Crippen molar-refractivity contribution >= 4 is 29.9 Å². The van der Waals surface area contributed by atoms with E-state index in [1.54, 1.807) is 4.90 Å². The standard InChI is InChI=1S/C16H21N3O2.ClH/c20-15(18-10-12-8-17-9-12)11-19-14-6-2-1-4-13(14)5-3-7-16(19)21;/h1-2,4,6,12,17H,3,5,7-11H2,(H,18,20);1H. The summed E-state index contributed by atoms with van der Waals surface area (Å²) < 4.78 is 0. The minimum absolute atomic E-state index is 0. The van der Waals surface area contributed by atoms with Crippen molar-refractivity contribution in [2.75, 3.05) is 31.1 Å². The van der Waals surface area contributed by atoms with Crippen molar-refractivity contribution in [3.63, 3.8) is 0 Å². The summed E-state index contributed by atoms with van der Waals surface area (Å²) in [7, 11) is 0. The minimum atomic E-state index is -0.0769. The Morgan fingerprint density at radius 1 is 1.27 bits per heavy atom. The second-order valence-corrected chi connectivity index (χ2v) is 5.79. The molecule has 0 unspecified atom stereocenters. The lowest BCUT2D eigenvalue weighted by atomic mass is 10.0. The number of nitrogens with zero attached hydrogens (tertiary/aromatic N) is 1. The molecule has 0 aliphatic carbocycles. The third-order valence-electron chi connectivity index (χ3n) is 4.18. The van der Waals surface area contributed by atoms with Gasteiger partial charge in [-0.15, -0.1) is 12.4 Å². The highest BCUT2D eigenvalue weighted by Crippen LogP contribution is 2.26. The SMILES string of the molecule is Cl.O=C(CN1C(=O)CCCc2ccccc21)NCC1CNC1. The van der Waals surface area contributed by atoms with Crippen LogP contribution in [0.3, 0.4) is 0 Å². The molecule has 2 aliphatic rings. The second-order valence-electron chi connectivity index (χ2n) is 5.79. The molecular formula is C16H22ClN3O2. The van der Waals surface area contributed by atoms with Gasteiger partial charge in [0.2, 0.25) is 11.8 Å². The number of fused-ring (bicyclic) bond motifs is 1. The molecular weight excluding hydrogens is 302 g/mol. The van der Waals surface area contributed by atoms with Crippen molar-refractivity contribution in [1.29, 1.82) is 0 Å². The summed E-state index contributed by atoms with van der Waals surface area (Å²) in [5, 5.41) is 6.11. The van der Waals surface area contributed by atoms with E-state index in [0.29, 0.717) is 18.9 Å². The zero-order valence-electron chi connectivity index (χ0n) is 12.5. The van der Waals surface area contributed by atoms with Crippen LogP contribution in [0.5, 0.6) is 0 Å². The molecule has 2 N–H and O–H groups in total. The number of para-hydroxylation sites is 1. The van der Waals surface area contributed by atoms with Gasteiger partial charge in [0.05, 0.1) is 0 Å². The predicted molar refractivity (Wildman–Crippen MR) is 88.4 cm³/mol. The van der Waals surface area contributed by atoms with E-state index in [4.69, 9.17) is 0 Å². The Morgan fingerprint density at radius 3 is 2.77 bits per heavy atom. The molecule has 6 heteroatoms. The number of amides is 2. The average Bonchev–Trinajstić information content (AvgIpc) is 2.58. The maximum Gasteiger partial charge on any atom is 0.240 e. The van der Waals surface area contributed by atoms with Crippen LogP contribution in [0.15, 0.2) is 24.3 Å². The summed E-state index contributed by atoms with van der Waals surface area (Å²) in [6, 6.07) is 7.87. The molecule has 1 saturated heterocycles. The summed E-state index contributed by atoms with van der Waals surface area (Å²) in [6.07, 6.45) is 2.25. The van der Waals surface area contributed by atoms with Gasteiger partial charge in [0, 0.05) is 37.7 Å². The maximum absolute atomic E-state index is 12.3. The van der Waals surface area contributed by atoms with Gasteiger partial charge in [-0.2, -0.15) is 0 Å². The van der Waals surface area contributed by atoms with Crippen molar-refractivity contribution in [2.45, 2.75) is 19.3 Å². The maximum atomic E-state index is 12.3. The van der Waals surface area contributed by atoms with Crippen LogP contribution in [0.2, 0.25) is 0 Å². The number of benzene rings is 1. The van der Waals surface area contributed by atoms with Crippen molar-refractivity contribution in [1.82, 2.24) is 10.6 Å². The fourth-order valence-electron chi connectivity index (χ4n) is 2.81. The Morgan fingerprint density at radius 2 is 2.05 bits per heavy atom. The molecule has 0 radical (unpaired) electrons. The summed E-state index contributed by atoms with van der Waals surface area (Å²) in [6.45, 7) is 2.74. The van der Waals surface area contributed by atoms with E-state index in [9.17, 15) is 9.59 Å². The van der Waals surface area contributed by atoms with Crippen LogP contribution >= 0.6 is 12.4 Å². The van der Waals surface area contributed by atoms with E-state index in [1.807, 2.05) is 24.3 Å². The highest BCUT2D eigenvalue weighted by atomic mass is 35.5. The van der Waals surface area contributed by atoms with E-state index >= 15 is 0 Å². The van der Waals surface area contributed by atoms with Gasteiger partial charge in [-0.25, -0.2) is 0 Å². The van der Waals surface area contributed by atoms with E-state index in [0.717, 1.165) is 37.2 Å². The van der Waals surface area contributed by atoms with E-state index in [-0.39, 0.29) is 30.8 Å². The van der Waals surface area contributed by atoms with Crippen LogP contribution in [-0.2, 0) is 16.0 Å². The van der Waals surface area contributed by atoms with Crippen LogP contribution < -0.4 is 15.5 Å². The first kappa shape index (κ1) is 16.8. The first-order valence-corrected chi connectivity index (χ1v) is 7.60. The minimum Gasteiger partial charge on any atom is -0.354 e. The zero-order chi connectivity index (χ0) is 14.7. The summed E-state index contributed by atoms with van der Waals surface area (Å²) >= 11 is 0. The number of aryl methyl sites for hydroxylation is 1. The van der Waals surface area contributed by atoms with Crippen LogP contribution in [-0.4, -0.2) is 38.0 Å². The smallest absolute Gasteiger partial charge is 0.240 e. The molecule has 3 rings (SSSR count). The zero-order valence-corrected chi connectivity index (χ0v) is 13.3. The third kappa shape index (κ3) is 3.78. The molecule has 2 aliphatic heterocycles. The van der Waals surface area contributed by atoms with Gasteiger partial charge in [-0.3, -0.25) is 9.59 Å². The molecule has 2 heterocycles. The normalized spacial score (nSPS) is 17.8. The highest BCUT2D eigenvalue weighted by Gasteiger charge is 2.24. The van der Waals surface area contributed by atoms with Crippen LogP contribution in [0.1, 0.15) is 18.4 Å². The third-order valence-corrected chi connectivity index (χ3v) is 4.18. The van der Waals surface area contributed by atoms with Crippen molar-refractivity contribution in [2.24, 2.45) is 5.92 Å². The molecule has 1 aromatic rings. The molecule has 0 atom stereocenters. The molecule has 0 saturated carbocycles. The van der Waals surface area contributed by atoms with Gasteiger partial charge in [-0.1, -0.05) is 18.2 Å². The number of hydrogen-bond acceptors (Lipinski definition) is 3. The lowest BCUT2D eigenvalue weighted by molar-refractivity contribution is -0.124. The topological polar surface area (TPSA) is 61.4 Å². The molecule has 120 valence electrons.